The lowest BCUT2D eigenvalue weighted by Crippen LogP contribution is -2.30. The Kier molecular flexibility index (Phi) is 4.99. The van der Waals surface area contributed by atoms with Crippen LogP contribution in [0.4, 0.5) is 0 Å². The molecule has 4 rings (SSSR count). The molecule has 2 fully saturated rings. The van der Waals surface area contributed by atoms with Crippen LogP contribution in [0.25, 0.3) is 5.69 Å². The quantitative estimate of drug-likeness (QED) is 0.899. The molecule has 2 aliphatic rings. The average molecular weight is 342 g/mol. The lowest BCUT2D eigenvalue weighted by Gasteiger charge is -2.22. The predicted octanol–water partition coefficient (Wildman–Crippen LogP) is 1.76. The first-order valence-corrected chi connectivity index (χ1v) is 9.38. The third-order valence-corrected chi connectivity index (χ3v) is 5.25. The smallest absolute Gasteiger partial charge is 0.350 e. The number of aromatic nitrogens is 3. The van der Waals surface area contributed by atoms with Gasteiger partial charge in [-0.15, -0.1) is 0 Å². The number of hydrogen-bond donors (Lipinski definition) is 1. The van der Waals surface area contributed by atoms with Gasteiger partial charge in [-0.2, -0.15) is 5.10 Å². The highest BCUT2D eigenvalue weighted by atomic mass is 16.5. The zero-order valence-corrected chi connectivity index (χ0v) is 14.6. The van der Waals surface area contributed by atoms with Gasteiger partial charge in [-0.05, 0) is 56.8 Å². The van der Waals surface area contributed by atoms with Crippen LogP contribution in [0.2, 0.25) is 0 Å². The number of ether oxygens (including phenoxy) is 1. The molecule has 6 heteroatoms. The van der Waals surface area contributed by atoms with Crippen molar-refractivity contribution >= 4 is 0 Å². The van der Waals surface area contributed by atoms with E-state index in [0.29, 0.717) is 12.5 Å². The Hall–Kier alpha value is -1.92. The minimum Gasteiger partial charge on any atom is -0.376 e. The van der Waals surface area contributed by atoms with Gasteiger partial charge >= 0.3 is 5.69 Å². The number of rotatable bonds is 5. The van der Waals surface area contributed by atoms with Crippen LogP contribution in [0.3, 0.4) is 0 Å². The Labute approximate surface area is 147 Å². The summed E-state index contributed by atoms with van der Waals surface area (Å²) >= 11 is 0. The molecule has 1 N–H and O–H groups in total. The number of benzene rings is 1. The Balaban J connectivity index is 1.65. The Morgan fingerprint density at radius 2 is 1.96 bits per heavy atom. The van der Waals surface area contributed by atoms with Gasteiger partial charge in [0.05, 0.1) is 18.3 Å². The van der Waals surface area contributed by atoms with Crippen LogP contribution in [0.5, 0.6) is 0 Å². The second kappa shape index (κ2) is 7.54. The maximum atomic E-state index is 13.0. The molecule has 134 valence electrons. The summed E-state index contributed by atoms with van der Waals surface area (Å²) in [6, 6.07) is 9.86. The molecule has 25 heavy (non-hydrogen) atoms. The highest BCUT2D eigenvalue weighted by Crippen LogP contribution is 2.19. The third-order valence-electron chi connectivity index (χ3n) is 5.25. The fourth-order valence-electron chi connectivity index (χ4n) is 3.87. The fraction of sp³-hybridized carbons (Fsp3) is 0.579. The normalized spacial score (nSPS) is 21.7. The summed E-state index contributed by atoms with van der Waals surface area (Å²) in [6.07, 6.45) is 5.33. The summed E-state index contributed by atoms with van der Waals surface area (Å²) in [5.41, 5.74) is 0.848. The second-order valence-corrected chi connectivity index (χ2v) is 7.08. The topological polar surface area (TPSA) is 61.1 Å². The zero-order valence-electron chi connectivity index (χ0n) is 14.6. The standard InChI is InChI=1S/C19H26N4O2/c24-19-22(14-17-7-4-12-25-17)21-18(13-15-8-10-20-11-9-15)23(19)16-5-2-1-3-6-16/h1-3,5-6,15,17,20H,4,7-14H2. The molecule has 0 spiro atoms. The Morgan fingerprint density at radius 3 is 2.68 bits per heavy atom. The molecule has 2 aromatic rings. The molecule has 6 nitrogen and oxygen atoms in total. The lowest BCUT2D eigenvalue weighted by atomic mass is 9.94. The molecule has 3 heterocycles. The van der Waals surface area contributed by atoms with Gasteiger partial charge < -0.3 is 10.1 Å². The largest absolute Gasteiger partial charge is 0.376 e. The highest BCUT2D eigenvalue weighted by molar-refractivity contribution is 5.32. The molecule has 1 aromatic carbocycles. The van der Waals surface area contributed by atoms with Crippen molar-refractivity contribution in [3.05, 3.63) is 46.6 Å². The molecule has 0 aliphatic carbocycles. The first-order valence-electron chi connectivity index (χ1n) is 9.38. The van der Waals surface area contributed by atoms with Crippen molar-refractivity contribution in [2.45, 2.75) is 44.8 Å². The molecule has 2 aliphatic heterocycles. The van der Waals surface area contributed by atoms with Crippen molar-refractivity contribution in [3.8, 4) is 5.69 Å². The van der Waals surface area contributed by atoms with E-state index < -0.39 is 0 Å². The van der Waals surface area contributed by atoms with Crippen molar-refractivity contribution < 1.29 is 4.74 Å². The molecule has 0 saturated carbocycles. The van der Waals surface area contributed by atoms with Crippen molar-refractivity contribution in [2.75, 3.05) is 19.7 Å². The van der Waals surface area contributed by atoms with E-state index in [1.54, 1.807) is 9.25 Å². The monoisotopic (exact) mass is 342 g/mol. The van der Waals surface area contributed by atoms with Crippen molar-refractivity contribution in [2.24, 2.45) is 5.92 Å². The van der Waals surface area contributed by atoms with E-state index in [2.05, 4.69) is 5.32 Å². The lowest BCUT2D eigenvalue weighted by molar-refractivity contribution is 0.0928. The highest BCUT2D eigenvalue weighted by Gasteiger charge is 2.23. The maximum absolute atomic E-state index is 13.0. The number of para-hydroxylation sites is 1. The van der Waals surface area contributed by atoms with Gasteiger partial charge in [-0.1, -0.05) is 18.2 Å². The second-order valence-electron chi connectivity index (χ2n) is 7.08. The molecule has 2 saturated heterocycles. The Morgan fingerprint density at radius 1 is 1.16 bits per heavy atom. The molecule has 0 radical (unpaired) electrons. The van der Waals surface area contributed by atoms with Crippen LogP contribution in [-0.2, 0) is 17.7 Å². The summed E-state index contributed by atoms with van der Waals surface area (Å²) in [4.78, 5) is 13.0. The molecular weight excluding hydrogens is 316 g/mol. The zero-order chi connectivity index (χ0) is 17.1. The third kappa shape index (κ3) is 3.70. The van der Waals surface area contributed by atoms with Crippen LogP contribution in [0, 0.1) is 5.92 Å². The maximum Gasteiger partial charge on any atom is 0.350 e. The van der Waals surface area contributed by atoms with Crippen LogP contribution >= 0.6 is 0 Å². The van der Waals surface area contributed by atoms with E-state index in [9.17, 15) is 4.79 Å². The molecule has 1 aromatic heterocycles. The van der Waals surface area contributed by atoms with Crippen LogP contribution in [-0.4, -0.2) is 40.1 Å². The van der Waals surface area contributed by atoms with Gasteiger partial charge in [0.1, 0.15) is 5.82 Å². The average Bonchev–Trinajstić information content (AvgIpc) is 3.26. The summed E-state index contributed by atoms with van der Waals surface area (Å²) < 4.78 is 9.10. The fourth-order valence-corrected chi connectivity index (χ4v) is 3.87. The number of hydrogen-bond acceptors (Lipinski definition) is 4. The van der Waals surface area contributed by atoms with Crippen molar-refractivity contribution in [1.29, 1.82) is 0 Å². The first-order chi connectivity index (χ1) is 12.3. The molecular formula is C19H26N4O2. The van der Waals surface area contributed by atoms with Crippen molar-refractivity contribution in [3.63, 3.8) is 0 Å². The predicted molar refractivity (Wildman–Crippen MR) is 96.1 cm³/mol. The SMILES string of the molecule is O=c1n(CC2CCCO2)nc(CC2CCNCC2)n1-c1ccccc1. The first kappa shape index (κ1) is 16.5. The van der Waals surface area contributed by atoms with Gasteiger partial charge in [-0.25, -0.2) is 14.0 Å². The summed E-state index contributed by atoms with van der Waals surface area (Å²) in [6.45, 7) is 3.45. The van der Waals surface area contributed by atoms with Gasteiger partial charge in [0.25, 0.3) is 0 Å². The summed E-state index contributed by atoms with van der Waals surface area (Å²) in [5, 5.41) is 8.11. The van der Waals surface area contributed by atoms with E-state index in [4.69, 9.17) is 9.84 Å². The molecule has 1 atom stereocenters. The van der Waals surface area contributed by atoms with E-state index >= 15 is 0 Å². The van der Waals surface area contributed by atoms with Crippen LogP contribution in [0.1, 0.15) is 31.5 Å². The van der Waals surface area contributed by atoms with E-state index in [-0.39, 0.29) is 11.8 Å². The summed E-state index contributed by atoms with van der Waals surface area (Å²) in [7, 11) is 0. The summed E-state index contributed by atoms with van der Waals surface area (Å²) in [5.74, 6) is 1.46. The number of nitrogens with one attached hydrogen (secondary N) is 1. The van der Waals surface area contributed by atoms with Crippen molar-refractivity contribution in [1.82, 2.24) is 19.7 Å². The number of nitrogens with zero attached hydrogens (tertiary/aromatic N) is 3. The van der Waals surface area contributed by atoms with Gasteiger partial charge in [0.15, 0.2) is 0 Å². The minimum absolute atomic E-state index is 0.0503. The minimum atomic E-state index is -0.0503. The molecule has 1 unspecified atom stereocenters. The van der Waals surface area contributed by atoms with Gasteiger partial charge in [0, 0.05) is 13.0 Å². The molecule has 0 amide bonds. The molecule has 0 bridgehead atoms. The Bertz CT molecular complexity index is 741. The van der Waals surface area contributed by atoms with E-state index in [0.717, 1.165) is 63.3 Å². The van der Waals surface area contributed by atoms with E-state index in [1.165, 1.54) is 0 Å². The van der Waals surface area contributed by atoms with Gasteiger partial charge in [0.2, 0.25) is 0 Å². The van der Waals surface area contributed by atoms with Crippen LogP contribution < -0.4 is 11.0 Å². The van der Waals surface area contributed by atoms with E-state index in [1.807, 2.05) is 30.3 Å². The van der Waals surface area contributed by atoms with Crippen LogP contribution in [0.15, 0.2) is 35.1 Å². The number of piperidine rings is 1. The van der Waals surface area contributed by atoms with Gasteiger partial charge in [-0.3, -0.25) is 0 Å².